The number of methoxy groups -OCH3 is 1. The maximum atomic E-state index is 6.65. The summed E-state index contributed by atoms with van der Waals surface area (Å²) in [5.41, 5.74) is 11.2. The number of nitrogens with two attached hydrogens (primary N) is 1. The molecule has 0 radical (unpaired) electrons. The van der Waals surface area contributed by atoms with Crippen LogP contribution in [0.1, 0.15) is 16.7 Å². The van der Waals surface area contributed by atoms with Gasteiger partial charge < -0.3 is 15.4 Å². The zero-order chi connectivity index (χ0) is 19.3. The molecule has 1 heterocycles. The van der Waals surface area contributed by atoms with Crippen LogP contribution in [0.2, 0.25) is 0 Å². The molecule has 0 saturated heterocycles. The number of fused-ring (bicyclic) bond motifs is 1. The Balaban J connectivity index is 0.00000240. The second-order valence-electron chi connectivity index (χ2n) is 7.06. The Hall–Kier alpha value is -2.82. The largest absolute Gasteiger partial charge is 0.496 e. The molecule has 0 saturated carbocycles. The lowest BCUT2D eigenvalue weighted by atomic mass is 10.0. The van der Waals surface area contributed by atoms with Gasteiger partial charge >= 0.3 is 0 Å². The van der Waals surface area contributed by atoms with Crippen LogP contribution >= 0.6 is 12.4 Å². The first-order valence-electron chi connectivity index (χ1n) is 9.57. The Morgan fingerprint density at radius 3 is 2.45 bits per heavy atom. The fourth-order valence-electron chi connectivity index (χ4n) is 3.69. The lowest BCUT2D eigenvalue weighted by Crippen LogP contribution is -2.45. The van der Waals surface area contributed by atoms with E-state index < -0.39 is 0 Å². The summed E-state index contributed by atoms with van der Waals surface area (Å²) in [4.78, 5) is 7.22. The molecule has 1 aliphatic rings. The highest BCUT2D eigenvalue weighted by Crippen LogP contribution is 2.29. The molecular weight excluding hydrogens is 382 g/mol. The lowest BCUT2D eigenvalue weighted by molar-refractivity contribution is 0.363. The fourth-order valence-corrected chi connectivity index (χ4v) is 3.69. The number of hydrogen-bond donors (Lipinski definition) is 1. The Bertz CT molecular complexity index is 975. The zero-order valence-corrected chi connectivity index (χ0v) is 17.3. The number of para-hydroxylation sites is 2. The lowest BCUT2D eigenvalue weighted by Gasteiger charge is -2.34. The summed E-state index contributed by atoms with van der Waals surface area (Å²) in [6.07, 6.45) is 0.754. The number of amidine groups is 1. The minimum absolute atomic E-state index is 0. The molecule has 0 spiro atoms. The highest BCUT2D eigenvalue weighted by Gasteiger charge is 2.25. The van der Waals surface area contributed by atoms with E-state index in [9.17, 15) is 0 Å². The van der Waals surface area contributed by atoms with Gasteiger partial charge in [-0.2, -0.15) is 0 Å². The van der Waals surface area contributed by atoms with Gasteiger partial charge in [0.25, 0.3) is 0 Å². The second kappa shape index (κ2) is 9.59. The van der Waals surface area contributed by atoms with Crippen LogP contribution in [-0.2, 0) is 19.5 Å². The van der Waals surface area contributed by atoms with Crippen LogP contribution in [0.3, 0.4) is 0 Å². The molecule has 150 valence electrons. The summed E-state index contributed by atoms with van der Waals surface area (Å²) in [6.45, 7) is 1.50. The first-order chi connectivity index (χ1) is 13.7. The summed E-state index contributed by atoms with van der Waals surface area (Å²) in [5, 5.41) is 0. The molecule has 5 heteroatoms. The van der Waals surface area contributed by atoms with Gasteiger partial charge in [-0.3, -0.25) is 0 Å². The standard InChI is InChI=1S/C24H25N3O.ClH/c1-28-23-14-8-6-12-20(23)17-27-16-19-11-5-7-13-22(19)26-24(27)21(25)15-18-9-3-2-4-10-18;/h2-14,21H,15-17,25H2,1H3;1H. The van der Waals surface area contributed by atoms with E-state index in [4.69, 9.17) is 15.5 Å². The van der Waals surface area contributed by atoms with Crippen molar-refractivity contribution in [3.63, 3.8) is 0 Å². The third kappa shape index (κ3) is 4.78. The van der Waals surface area contributed by atoms with E-state index in [-0.39, 0.29) is 18.4 Å². The van der Waals surface area contributed by atoms with E-state index in [2.05, 4.69) is 41.3 Å². The van der Waals surface area contributed by atoms with Crippen LogP contribution in [0.4, 0.5) is 5.69 Å². The Labute approximate surface area is 178 Å². The van der Waals surface area contributed by atoms with Gasteiger partial charge in [-0.15, -0.1) is 12.4 Å². The maximum Gasteiger partial charge on any atom is 0.123 e. The molecule has 0 aliphatic carbocycles. The maximum absolute atomic E-state index is 6.65. The Morgan fingerprint density at radius 2 is 1.66 bits per heavy atom. The van der Waals surface area contributed by atoms with Gasteiger partial charge in [0.2, 0.25) is 0 Å². The monoisotopic (exact) mass is 407 g/mol. The highest BCUT2D eigenvalue weighted by atomic mass is 35.5. The zero-order valence-electron chi connectivity index (χ0n) is 16.5. The molecule has 4 rings (SSSR count). The predicted molar refractivity (Wildman–Crippen MR) is 121 cm³/mol. The van der Waals surface area contributed by atoms with Crippen molar-refractivity contribution in [2.45, 2.75) is 25.6 Å². The van der Waals surface area contributed by atoms with Crippen molar-refractivity contribution in [1.29, 1.82) is 0 Å². The van der Waals surface area contributed by atoms with Gasteiger partial charge in [0, 0.05) is 18.7 Å². The summed E-state index contributed by atoms with van der Waals surface area (Å²) >= 11 is 0. The molecule has 3 aromatic carbocycles. The van der Waals surface area contributed by atoms with E-state index >= 15 is 0 Å². The van der Waals surface area contributed by atoms with Gasteiger partial charge in [-0.25, -0.2) is 4.99 Å². The van der Waals surface area contributed by atoms with Crippen LogP contribution in [0.15, 0.2) is 83.9 Å². The van der Waals surface area contributed by atoms with Gasteiger partial charge in [-0.05, 0) is 29.7 Å². The molecule has 1 atom stereocenters. The van der Waals surface area contributed by atoms with E-state index in [0.717, 1.165) is 35.8 Å². The molecule has 0 amide bonds. The van der Waals surface area contributed by atoms with Crippen molar-refractivity contribution >= 4 is 23.9 Å². The predicted octanol–water partition coefficient (Wildman–Crippen LogP) is 4.73. The fraction of sp³-hybridized carbons (Fsp3) is 0.208. The van der Waals surface area contributed by atoms with Crippen LogP contribution in [0, 0.1) is 0 Å². The number of hydrogen-bond acceptors (Lipinski definition) is 4. The van der Waals surface area contributed by atoms with Crippen LogP contribution in [0.5, 0.6) is 5.75 Å². The second-order valence-corrected chi connectivity index (χ2v) is 7.06. The molecule has 1 unspecified atom stereocenters. The van der Waals surface area contributed by atoms with Crippen LogP contribution in [0.25, 0.3) is 0 Å². The molecule has 29 heavy (non-hydrogen) atoms. The van der Waals surface area contributed by atoms with Gasteiger partial charge in [-0.1, -0.05) is 66.7 Å². The molecule has 4 nitrogen and oxygen atoms in total. The number of aliphatic imine (C=N–C) groups is 1. The van der Waals surface area contributed by atoms with Gasteiger partial charge in [0.1, 0.15) is 11.6 Å². The molecule has 1 aliphatic heterocycles. The van der Waals surface area contributed by atoms with E-state index in [1.54, 1.807) is 7.11 Å². The number of ether oxygens (including phenoxy) is 1. The van der Waals surface area contributed by atoms with Crippen molar-refractivity contribution in [1.82, 2.24) is 4.90 Å². The van der Waals surface area contributed by atoms with Crippen molar-refractivity contribution in [2.75, 3.05) is 7.11 Å². The smallest absolute Gasteiger partial charge is 0.123 e. The summed E-state index contributed by atoms with van der Waals surface area (Å²) in [5.74, 6) is 1.81. The van der Waals surface area contributed by atoms with Crippen molar-refractivity contribution < 1.29 is 4.74 Å². The third-order valence-corrected chi connectivity index (χ3v) is 5.10. The van der Waals surface area contributed by atoms with E-state index in [1.807, 2.05) is 42.5 Å². The van der Waals surface area contributed by atoms with Crippen LogP contribution < -0.4 is 10.5 Å². The molecule has 0 bridgehead atoms. The van der Waals surface area contributed by atoms with Gasteiger partial charge in [0.15, 0.2) is 0 Å². The third-order valence-electron chi connectivity index (χ3n) is 5.10. The minimum atomic E-state index is -0.175. The van der Waals surface area contributed by atoms with Crippen molar-refractivity contribution in [2.24, 2.45) is 10.7 Å². The van der Waals surface area contributed by atoms with E-state index in [1.165, 1.54) is 11.1 Å². The number of nitrogens with zero attached hydrogens (tertiary/aromatic N) is 2. The Kier molecular flexibility index (Phi) is 6.91. The number of halogens is 1. The number of rotatable bonds is 6. The summed E-state index contributed by atoms with van der Waals surface area (Å²) < 4.78 is 5.55. The van der Waals surface area contributed by atoms with E-state index in [0.29, 0.717) is 6.54 Å². The summed E-state index contributed by atoms with van der Waals surface area (Å²) in [7, 11) is 1.71. The topological polar surface area (TPSA) is 50.8 Å². The van der Waals surface area contributed by atoms with Gasteiger partial charge in [0.05, 0.1) is 18.8 Å². The minimum Gasteiger partial charge on any atom is -0.496 e. The quantitative estimate of drug-likeness (QED) is 0.642. The Morgan fingerprint density at radius 1 is 0.966 bits per heavy atom. The molecule has 2 N–H and O–H groups in total. The highest BCUT2D eigenvalue weighted by molar-refractivity contribution is 5.91. The molecular formula is C24H26ClN3O. The molecule has 3 aromatic rings. The summed E-state index contributed by atoms with van der Waals surface area (Å²) in [6, 6.07) is 26.6. The average Bonchev–Trinajstić information content (AvgIpc) is 2.74. The molecule has 0 fully saturated rings. The van der Waals surface area contributed by atoms with Crippen LogP contribution in [-0.4, -0.2) is 23.9 Å². The van der Waals surface area contributed by atoms with Crippen molar-refractivity contribution in [3.05, 3.63) is 95.6 Å². The number of benzene rings is 3. The average molecular weight is 408 g/mol. The van der Waals surface area contributed by atoms with Crippen molar-refractivity contribution in [3.8, 4) is 5.75 Å². The first kappa shape index (κ1) is 20.9. The normalized spacial score (nSPS) is 13.7. The SMILES string of the molecule is COc1ccccc1CN1Cc2ccccc2N=C1C(N)Cc1ccccc1.Cl. The first-order valence-corrected chi connectivity index (χ1v) is 9.57. The molecule has 0 aromatic heterocycles.